The van der Waals surface area contributed by atoms with Gasteiger partial charge in [0.05, 0.1) is 11.9 Å². The van der Waals surface area contributed by atoms with Gasteiger partial charge < -0.3 is 0 Å². The summed E-state index contributed by atoms with van der Waals surface area (Å²) in [5.41, 5.74) is 4.54. The Bertz CT molecular complexity index is 474. The van der Waals surface area contributed by atoms with E-state index in [4.69, 9.17) is 11.6 Å². The number of alkyl halides is 1. The van der Waals surface area contributed by atoms with Gasteiger partial charge in [0.25, 0.3) is 0 Å². The van der Waals surface area contributed by atoms with Gasteiger partial charge >= 0.3 is 0 Å². The van der Waals surface area contributed by atoms with Crippen molar-refractivity contribution in [1.29, 1.82) is 0 Å². The number of rotatable bonds is 2. The number of halogens is 1. The maximum absolute atomic E-state index is 5.92. The van der Waals surface area contributed by atoms with Crippen molar-refractivity contribution in [3.63, 3.8) is 0 Å². The van der Waals surface area contributed by atoms with Gasteiger partial charge in [0.15, 0.2) is 0 Å². The second kappa shape index (κ2) is 4.07. The summed E-state index contributed by atoms with van der Waals surface area (Å²) >= 11 is 5.92. The smallest absolute Gasteiger partial charge is 0.0689 e. The van der Waals surface area contributed by atoms with E-state index in [1.807, 2.05) is 24.0 Å². The van der Waals surface area contributed by atoms with E-state index in [0.717, 1.165) is 16.8 Å². The van der Waals surface area contributed by atoms with Crippen LogP contribution in [0.25, 0.3) is 5.69 Å². The molecule has 0 amide bonds. The number of benzene rings is 1. The first-order chi connectivity index (χ1) is 7.20. The average Bonchev–Trinajstić information content (AvgIpc) is 2.64. The molecule has 2 nitrogen and oxygen atoms in total. The molecular formula is C12H13ClN2. The van der Waals surface area contributed by atoms with Crippen LogP contribution in [0.3, 0.4) is 0 Å². The Hall–Kier alpha value is -1.28. The van der Waals surface area contributed by atoms with Crippen molar-refractivity contribution in [1.82, 2.24) is 9.78 Å². The molecule has 0 fully saturated rings. The van der Waals surface area contributed by atoms with Crippen LogP contribution < -0.4 is 0 Å². The Labute approximate surface area is 94.5 Å². The van der Waals surface area contributed by atoms with Crippen molar-refractivity contribution in [2.45, 2.75) is 19.7 Å². The lowest BCUT2D eigenvalue weighted by Gasteiger charge is -2.07. The van der Waals surface area contributed by atoms with E-state index in [1.165, 1.54) is 5.56 Å². The van der Waals surface area contributed by atoms with Crippen LogP contribution in [0.2, 0.25) is 0 Å². The molecule has 0 spiro atoms. The molecule has 0 atom stereocenters. The normalized spacial score (nSPS) is 10.6. The topological polar surface area (TPSA) is 17.8 Å². The highest BCUT2D eigenvalue weighted by atomic mass is 35.5. The van der Waals surface area contributed by atoms with Crippen molar-refractivity contribution >= 4 is 11.6 Å². The summed E-state index contributed by atoms with van der Waals surface area (Å²) in [4.78, 5) is 0. The van der Waals surface area contributed by atoms with Gasteiger partial charge in [-0.1, -0.05) is 17.7 Å². The van der Waals surface area contributed by atoms with Gasteiger partial charge in [-0.15, -0.1) is 11.6 Å². The van der Waals surface area contributed by atoms with Gasteiger partial charge in [0.1, 0.15) is 0 Å². The molecule has 0 saturated carbocycles. The molecule has 0 unspecified atom stereocenters. The number of hydrogen-bond donors (Lipinski definition) is 0. The van der Waals surface area contributed by atoms with E-state index in [1.54, 1.807) is 0 Å². The fourth-order valence-corrected chi connectivity index (χ4v) is 1.80. The summed E-state index contributed by atoms with van der Waals surface area (Å²) in [6.45, 7) is 4.09. The van der Waals surface area contributed by atoms with Crippen molar-refractivity contribution < 1.29 is 0 Å². The average molecular weight is 221 g/mol. The fourth-order valence-electron chi connectivity index (χ4n) is 1.59. The molecule has 1 aromatic heterocycles. The number of hydrogen-bond acceptors (Lipinski definition) is 1. The summed E-state index contributed by atoms with van der Waals surface area (Å²) in [5.74, 6) is 0.510. The van der Waals surface area contributed by atoms with Crippen LogP contribution in [0.1, 0.15) is 16.7 Å². The highest BCUT2D eigenvalue weighted by Gasteiger charge is 2.04. The van der Waals surface area contributed by atoms with Crippen LogP contribution in [0.4, 0.5) is 0 Å². The molecule has 0 saturated heterocycles. The van der Waals surface area contributed by atoms with Crippen molar-refractivity contribution in [3.05, 3.63) is 47.3 Å². The largest absolute Gasteiger partial charge is 0.240 e. The molecule has 0 bridgehead atoms. The van der Waals surface area contributed by atoms with Crippen LogP contribution in [0, 0.1) is 13.8 Å². The van der Waals surface area contributed by atoms with Gasteiger partial charge in [0, 0.05) is 12.1 Å². The quantitative estimate of drug-likeness (QED) is 0.711. The second-order valence-corrected chi connectivity index (χ2v) is 4.00. The lowest BCUT2D eigenvalue weighted by molar-refractivity contribution is 0.870. The van der Waals surface area contributed by atoms with E-state index in [2.05, 4.69) is 30.2 Å². The Morgan fingerprint density at radius 3 is 2.67 bits per heavy atom. The Kier molecular flexibility index (Phi) is 2.78. The number of aryl methyl sites for hydroxylation is 2. The molecular weight excluding hydrogens is 208 g/mol. The third-order valence-electron chi connectivity index (χ3n) is 2.34. The fraction of sp³-hybridized carbons (Fsp3) is 0.250. The van der Waals surface area contributed by atoms with Crippen LogP contribution >= 0.6 is 11.6 Å². The van der Waals surface area contributed by atoms with Gasteiger partial charge in [-0.05, 0) is 31.0 Å². The SMILES string of the molecule is Cc1ccc(-n2cc(C)cn2)c(CCl)c1. The predicted octanol–water partition coefficient (Wildman–Crippen LogP) is 3.23. The standard InChI is InChI=1S/C12H13ClN2/c1-9-3-4-12(11(5-9)6-13)15-8-10(2)7-14-15/h3-5,7-8H,6H2,1-2H3. The third-order valence-corrected chi connectivity index (χ3v) is 2.63. The summed E-state index contributed by atoms with van der Waals surface area (Å²) in [6.07, 6.45) is 3.85. The maximum Gasteiger partial charge on any atom is 0.0689 e. The van der Waals surface area contributed by atoms with E-state index in [9.17, 15) is 0 Å². The second-order valence-electron chi connectivity index (χ2n) is 3.73. The predicted molar refractivity (Wildman–Crippen MR) is 62.6 cm³/mol. The maximum atomic E-state index is 5.92. The van der Waals surface area contributed by atoms with E-state index in [-0.39, 0.29) is 0 Å². The first-order valence-electron chi connectivity index (χ1n) is 4.88. The molecule has 3 heteroatoms. The van der Waals surface area contributed by atoms with Gasteiger partial charge in [0.2, 0.25) is 0 Å². The molecule has 15 heavy (non-hydrogen) atoms. The van der Waals surface area contributed by atoms with Gasteiger partial charge in [-0.3, -0.25) is 0 Å². The van der Waals surface area contributed by atoms with Crippen molar-refractivity contribution in [2.75, 3.05) is 0 Å². The zero-order chi connectivity index (χ0) is 10.8. The summed E-state index contributed by atoms with van der Waals surface area (Å²) in [7, 11) is 0. The molecule has 0 aliphatic carbocycles. The zero-order valence-electron chi connectivity index (χ0n) is 8.87. The Morgan fingerprint density at radius 1 is 1.27 bits per heavy atom. The summed E-state index contributed by atoms with van der Waals surface area (Å²) < 4.78 is 1.87. The molecule has 2 rings (SSSR count). The van der Waals surface area contributed by atoms with Crippen LogP contribution in [0.15, 0.2) is 30.6 Å². The minimum atomic E-state index is 0.510. The zero-order valence-corrected chi connectivity index (χ0v) is 9.62. The van der Waals surface area contributed by atoms with E-state index < -0.39 is 0 Å². The molecule has 0 aliphatic rings. The van der Waals surface area contributed by atoms with Crippen molar-refractivity contribution in [3.8, 4) is 5.69 Å². The minimum absolute atomic E-state index is 0.510. The molecule has 0 N–H and O–H groups in total. The number of aromatic nitrogens is 2. The molecule has 78 valence electrons. The first-order valence-corrected chi connectivity index (χ1v) is 5.41. The Balaban J connectivity index is 2.52. The van der Waals surface area contributed by atoms with Crippen LogP contribution in [0.5, 0.6) is 0 Å². The van der Waals surface area contributed by atoms with Gasteiger partial charge in [-0.2, -0.15) is 5.10 Å². The Morgan fingerprint density at radius 2 is 2.07 bits per heavy atom. The third kappa shape index (κ3) is 2.05. The first kappa shape index (κ1) is 10.2. The molecule has 2 aromatic rings. The lowest BCUT2D eigenvalue weighted by Crippen LogP contribution is -1.99. The highest BCUT2D eigenvalue weighted by Crippen LogP contribution is 2.18. The summed E-state index contributed by atoms with van der Waals surface area (Å²) in [6, 6.07) is 6.22. The van der Waals surface area contributed by atoms with Crippen LogP contribution in [-0.4, -0.2) is 9.78 Å². The molecule has 0 radical (unpaired) electrons. The monoisotopic (exact) mass is 220 g/mol. The van der Waals surface area contributed by atoms with Crippen LogP contribution in [-0.2, 0) is 5.88 Å². The van der Waals surface area contributed by atoms with Crippen molar-refractivity contribution in [2.24, 2.45) is 0 Å². The van der Waals surface area contributed by atoms with Gasteiger partial charge in [-0.25, -0.2) is 4.68 Å². The molecule has 1 heterocycles. The van der Waals surface area contributed by atoms with E-state index in [0.29, 0.717) is 5.88 Å². The molecule has 1 aromatic carbocycles. The number of nitrogens with zero attached hydrogens (tertiary/aromatic N) is 2. The highest BCUT2D eigenvalue weighted by molar-refractivity contribution is 6.17. The minimum Gasteiger partial charge on any atom is -0.240 e. The lowest BCUT2D eigenvalue weighted by atomic mass is 10.1. The summed E-state index contributed by atoms with van der Waals surface area (Å²) in [5, 5.41) is 4.28. The van der Waals surface area contributed by atoms with E-state index >= 15 is 0 Å². The molecule has 0 aliphatic heterocycles.